The van der Waals surface area contributed by atoms with Crippen LogP contribution in [0, 0.1) is 0 Å². The summed E-state index contributed by atoms with van der Waals surface area (Å²) in [5.41, 5.74) is 5.03. The van der Waals surface area contributed by atoms with Crippen molar-refractivity contribution in [2.45, 2.75) is 24.8 Å². The average Bonchev–Trinajstić information content (AvgIpc) is 2.83. The topological polar surface area (TPSA) is 49.6 Å². The van der Waals surface area contributed by atoms with Gasteiger partial charge < -0.3 is 10.6 Å². The largest absolute Gasteiger partial charge is 0.351 e. The lowest BCUT2D eigenvalue weighted by molar-refractivity contribution is 0.0361. The molecule has 1 heterocycles. The Hall–Kier alpha value is -0.910. The van der Waals surface area contributed by atoms with Gasteiger partial charge in [-0.15, -0.1) is 0 Å². The van der Waals surface area contributed by atoms with Crippen molar-refractivity contribution in [2.75, 3.05) is 26.2 Å². The minimum absolute atomic E-state index is 0.200. The number of piperazine rings is 1. The third-order valence-corrected chi connectivity index (χ3v) is 3.22. The fraction of sp³-hybridized carbons (Fsp3) is 0.889. The zero-order valence-electron chi connectivity index (χ0n) is 8.46. The Kier molecular flexibility index (Phi) is 2.54. The first-order valence-electron chi connectivity index (χ1n) is 5.11. The predicted octanol–water partition coefficient (Wildman–Crippen LogP) is 0.480. The fourth-order valence-electron chi connectivity index (χ4n) is 2.33. The maximum Gasteiger partial charge on any atom is 0.315 e. The highest BCUT2D eigenvalue weighted by atomic mass is 19.3. The highest BCUT2D eigenvalue weighted by Crippen LogP contribution is 2.44. The van der Waals surface area contributed by atoms with Crippen molar-refractivity contribution in [3.05, 3.63) is 0 Å². The van der Waals surface area contributed by atoms with E-state index < -0.39 is 12.5 Å². The third-order valence-electron chi connectivity index (χ3n) is 3.22. The van der Waals surface area contributed by atoms with Gasteiger partial charge in [-0.25, -0.2) is 13.6 Å². The number of nitrogens with zero attached hydrogens (tertiary/aromatic N) is 2. The molecule has 1 saturated heterocycles. The lowest BCUT2D eigenvalue weighted by Crippen LogP contribution is -2.58. The molecule has 2 N–H and O–H groups in total. The van der Waals surface area contributed by atoms with E-state index in [0.717, 1.165) is 12.8 Å². The Bertz CT molecular complexity index is 268. The summed E-state index contributed by atoms with van der Waals surface area (Å²) in [6, 6.07) is -0.427. The molecule has 0 bridgehead atoms. The van der Waals surface area contributed by atoms with Gasteiger partial charge in [0.25, 0.3) is 6.43 Å². The van der Waals surface area contributed by atoms with E-state index >= 15 is 0 Å². The van der Waals surface area contributed by atoms with Crippen molar-refractivity contribution in [1.29, 1.82) is 0 Å². The van der Waals surface area contributed by atoms with Gasteiger partial charge in [-0.2, -0.15) is 0 Å². The molecule has 1 saturated carbocycles. The Morgan fingerprint density at radius 1 is 1.40 bits per heavy atom. The number of hydrogen-bond donors (Lipinski definition) is 1. The van der Waals surface area contributed by atoms with Crippen molar-refractivity contribution in [3.8, 4) is 0 Å². The smallest absolute Gasteiger partial charge is 0.315 e. The van der Waals surface area contributed by atoms with Crippen molar-refractivity contribution in [3.63, 3.8) is 0 Å². The molecular weight excluding hydrogens is 204 g/mol. The summed E-state index contributed by atoms with van der Waals surface area (Å²) in [4.78, 5) is 14.5. The number of halogens is 2. The van der Waals surface area contributed by atoms with Crippen LogP contribution in [0.1, 0.15) is 12.8 Å². The van der Waals surface area contributed by atoms with Gasteiger partial charge in [-0.3, -0.25) is 4.90 Å². The number of urea groups is 1. The summed E-state index contributed by atoms with van der Waals surface area (Å²) in [6.07, 6.45) is -0.535. The second-order valence-electron chi connectivity index (χ2n) is 4.34. The van der Waals surface area contributed by atoms with Crippen LogP contribution < -0.4 is 5.73 Å². The van der Waals surface area contributed by atoms with Crippen LogP contribution in [-0.2, 0) is 0 Å². The molecule has 6 heteroatoms. The monoisotopic (exact) mass is 219 g/mol. The molecule has 0 aromatic carbocycles. The molecule has 0 radical (unpaired) electrons. The molecule has 1 spiro atoms. The predicted molar refractivity (Wildman–Crippen MR) is 50.7 cm³/mol. The zero-order valence-corrected chi connectivity index (χ0v) is 8.46. The highest BCUT2D eigenvalue weighted by molar-refractivity contribution is 5.73. The number of alkyl halides is 2. The van der Waals surface area contributed by atoms with Crippen LogP contribution >= 0.6 is 0 Å². The second kappa shape index (κ2) is 3.59. The molecule has 0 atom stereocenters. The van der Waals surface area contributed by atoms with Gasteiger partial charge in [-0.05, 0) is 12.8 Å². The average molecular weight is 219 g/mol. The Morgan fingerprint density at radius 3 is 2.53 bits per heavy atom. The van der Waals surface area contributed by atoms with Gasteiger partial charge in [0, 0.05) is 19.6 Å². The molecule has 4 nitrogen and oxygen atoms in total. The van der Waals surface area contributed by atoms with Crippen molar-refractivity contribution in [2.24, 2.45) is 5.73 Å². The number of hydrogen-bond acceptors (Lipinski definition) is 2. The summed E-state index contributed by atoms with van der Waals surface area (Å²) in [6.45, 7) is 1.31. The zero-order chi connectivity index (χ0) is 11.1. The summed E-state index contributed by atoms with van der Waals surface area (Å²) < 4.78 is 24.4. The van der Waals surface area contributed by atoms with E-state index in [1.807, 2.05) is 0 Å². The summed E-state index contributed by atoms with van der Waals surface area (Å²) in [5.74, 6) is 0. The molecule has 2 amide bonds. The van der Waals surface area contributed by atoms with E-state index in [-0.39, 0.29) is 12.1 Å². The SMILES string of the molecule is NC(=O)N1CCN(CC(F)F)CC12CC2. The van der Waals surface area contributed by atoms with Crippen LogP contribution in [0.25, 0.3) is 0 Å². The minimum atomic E-state index is -2.30. The van der Waals surface area contributed by atoms with Crippen molar-refractivity contribution < 1.29 is 13.6 Å². The summed E-state index contributed by atoms with van der Waals surface area (Å²) in [5, 5.41) is 0. The normalized spacial score (nSPS) is 24.9. The molecule has 1 aliphatic heterocycles. The second-order valence-corrected chi connectivity index (χ2v) is 4.34. The number of primary amides is 1. The summed E-state index contributed by atoms with van der Waals surface area (Å²) >= 11 is 0. The van der Waals surface area contributed by atoms with Crippen LogP contribution in [0.2, 0.25) is 0 Å². The molecule has 0 aromatic rings. The Morgan fingerprint density at radius 2 is 2.07 bits per heavy atom. The summed E-state index contributed by atoms with van der Waals surface area (Å²) in [7, 11) is 0. The van der Waals surface area contributed by atoms with Gasteiger partial charge in [0.2, 0.25) is 0 Å². The van der Waals surface area contributed by atoms with Crippen LogP contribution in [0.15, 0.2) is 0 Å². The van der Waals surface area contributed by atoms with Gasteiger partial charge in [0.05, 0.1) is 12.1 Å². The number of carbonyl (C=O) groups is 1. The highest BCUT2D eigenvalue weighted by Gasteiger charge is 2.52. The molecule has 1 aliphatic carbocycles. The van der Waals surface area contributed by atoms with E-state index in [4.69, 9.17) is 5.73 Å². The first-order valence-corrected chi connectivity index (χ1v) is 5.11. The molecular formula is C9H15F2N3O. The molecule has 2 rings (SSSR count). The Labute approximate surface area is 87.0 Å². The maximum absolute atomic E-state index is 12.2. The molecule has 0 aromatic heterocycles. The van der Waals surface area contributed by atoms with Crippen LogP contribution in [0.4, 0.5) is 13.6 Å². The molecule has 15 heavy (non-hydrogen) atoms. The lowest BCUT2D eigenvalue weighted by atomic mass is 10.1. The van der Waals surface area contributed by atoms with E-state index in [2.05, 4.69) is 0 Å². The van der Waals surface area contributed by atoms with E-state index in [1.165, 1.54) is 0 Å². The van der Waals surface area contributed by atoms with Crippen molar-refractivity contribution in [1.82, 2.24) is 9.80 Å². The first kappa shape index (κ1) is 10.6. The number of carbonyl (C=O) groups excluding carboxylic acids is 1. The molecule has 2 fully saturated rings. The van der Waals surface area contributed by atoms with Gasteiger partial charge in [-0.1, -0.05) is 0 Å². The van der Waals surface area contributed by atoms with Gasteiger partial charge in [0.1, 0.15) is 0 Å². The molecule has 86 valence electrons. The van der Waals surface area contributed by atoms with E-state index in [9.17, 15) is 13.6 Å². The standard InChI is InChI=1S/C9H15F2N3O/c10-7(11)5-13-3-4-14(8(12)15)9(6-13)1-2-9/h7H,1-6H2,(H2,12,15). The van der Waals surface area contributed by atoms with Crippen LogP contribution in [-0.4, -0.2) is 54.0 Å². The minimum Gasteiger partial charge on any atom is -0.351 e. The van der Waals surface area contributed by atoms with Gasteiger partial charge in [0.15, 0.2) is 0 Å². The van der Waals surface area contributed by atoms with Crippen LogP contribution in [0.3, 0.4) is 0 Å². The quantitative estimate of drug-likeness (QED) is 0.734. The van der Waals surface area contributed by atoms with E-state index in [1.54, 1.807) is 9.80 Å². The maximum atomic E-state index is 12.2. The lowest BCUT2D eigenvalue weighted by Gasteiger charge is -2.41. The van der Waals surface area contributed by atoms with E-state index in [0.29, 0.717) is 19.6 Å². The fourth-order valence-corrected chi connectivity index (χ4v) is 2.33. The van der Waals surface area contributed by atoms with Crippen molar-refractivity contribution >= 4 is 6.03 Å². The van der Waals surface area contributed by atoms with Gasteiger partial charge >= 0.3 is 6.03 Å². The third kappa shape index (κ3) is 2.04. The first-order chi connectivity index (χ1) is 7.03. The van der Waals surface area contributed by atoms with Crippen LogP contribution in [0.5, 0.6) is 0 Å². The number of nitrogens with two attached hydrogens (primary N) is 1. The number of amides is 2. The molecule has 0 unspecified atom stereocenters. The number of rotatable bonds is 2. The Balaban J connectivity index is 1.96. The molecule has 2 aliphatic rings.